The van der Waals surface area contributed by atoms with Crippen molar-refractivity contribution in [2.45, 2.75) is 63.1 Å². The van der Waals surface area contributed by atoms with E-state index in [1.807, 2.05) is 6.92 Å². The fraction of sp³-hybridized carbons (Fsp3) is 0.636. The van der Waals surface area contributed by atoms with Crippen molar-refractivity contribution >= 4 is 11.9 Å². The molecule has 8 heteroatoms. The number of hydrogen-bond donors (Lipinski definition) is 1. The van der Waals surface area contributed by atoms with Gasteiger partial charge in [0.15, 0.2) is 11.9 Å². The molecule has 0 aromatic heterocycles. The Balaban J connectivity index is 1.42. The van der Waals surface area contributed by atoms with Gasteiger partial charge in [0.2, 0.25) is 5.79 Å². The number of aromatic carboxylic acids is 1. The highest BCUT2D eigenvalue weighted by Gasteiger charge is 2.63. The molecule has 3 saturated heterocycles. The zero-order valence-electron chi connectivity index (χ0n) is 17.3. The first kappa shape index (κ1) is 21.2. The standard InChI is InChI=1S/C22H28O8/c1-21-12-10-16-4-3-5-17(22(16,30-29-21)20(26-2)28-21)11-13-27-19(25)15-8-6-14(7-9-15)18(23)24/h6-9,16-17,20H,3-5,10-13H2,1-2H3,(H,23,24)/t16-,17+,20+,21-,22-/m1/s1. The first-order valence-electron chi connectivity index (χ1n) is 10.5. The number of carboxylic acids is 1. The van der Waals surface area contributed by atoms with Gasteiger partial charge in [-0.15, -0.1) is 0 Å². The second kappa shape index (κ2) is 8.26. The Kier molecular flexibility index (Phi) is 5.85. The summed E-state index contributed by atoms with van der Waals surface area (Å²) in [5.74, 6) is -2.01. The number of fused-ring (bicyclic) bond motifs is 3. The average molecular weight is 420 g/mol. The number of hydrogen-bond acceptors (Lipinski definition) is 7. The van der Waals surface area contributed by atoms with Gasteiger partial charge in [-0.1, -0.05) is 6.42 Å². The minimum atomic E-state index is -1.04. The number of methoxy groups -OCH3 is 1. The van der Waals surface area contributed by atoms with E-state index in [-0.39, 0.29) is 24.0 Å². The Bertz CT molecular complexity index is 793. The maximum atomic E-state index is 12.4. The molecule has 5 rings (SSSR count). The second-order valence-electron chi connectivity index (χ2n) is 8.51. The van der Waals surface area contributed by atoms with Crippen LogP contribution in [0.25, 0.3) is 0 Å². The van der Waals surface area contributed by atoms with E-state index >= 15 is 0 Å². The van der Waals surface area contributed by atoms with E-state index in [0.29, 0.717) is 12.0 Å². The number of esters is 1. The van der Waals surface area contributed by atoms with Crippen LogP contribution in [0.1, 0.15) is 66.2 Å². The molecule has 0 unspecified atom stereocenters. The van der Waals surface area contributed by atoms with E-state index in [0.717, 1.165) is 32.1 Å². The molecule has 4 aliphatic rings. The summed E-state index contributed by atoms with van der Waals surface area (Å²) in [5, 5.41) is 8.96. The van der Waals surface area contributed by atoms with Gasteiger partial charge in [0.1, 0.15) is 0 Å². The Morgan fingerprint density at radius 1 is 1.13 bits per heavy atom. The van der Waals surface area contributed by atoms with Crippen molar-refractivity contribution in [3.8, 4) is 0 Å². The normalized spacial score (nSPS) is 35.3. The van der Waals surface area contributed by atoms with E-state index in [9.17, 15) is 9.59 Å². The smallest absolute Gasteiger partial charge is 0.338 e. The van der Waals surface area contributed by atoms with E-state index in [1.54, 1.807) is 7.11 Å². The van der Waals surface area contributed by atoms with Crippen LogP contribution in [-0.4, -0.2) is 48.4 Å². The van der Waals surface area contributed by atoms with Gasteiger partial charge in [0.25, 0.3) is 0 Å². The number of ether oxygens (including phenoxy) is 3. The van der Waals surface area contributed by atoms with Crippen LogP contribution in [0.3, 0.4) is 0 Å². The third-order valence-electron chi connectivity index (χ3n) is 6.70. The predicted octanol–water partition coefficient (Wildman–Crippen LogP) is 3.55. The molecular formula is C22H28O8. The highest BCUT2D eigenvalue weighted by Crippen LogP contribution is 2.55. The highest BCUT2D eigenvalue weighted by atomic mass is 17.3. The number of rotatable bonds is 6. The number of carboxylic acid groups (broad SMARTS) is 1. The Morgan fingerprint density at radius 2 is 1.87 bits per heavy atom. The van der Waals surface area contributed by atoms with E-state index in [1.165, 1.54) is 24.3 Å². The molecule has 1 spiro atoms. The van der Waals surface area contributed by atoms with Gasteiger partial charge >= 0.3 is 11.9 Å². The topological polar surface area (TPSA) is 101 Å². The maximum absolute atomic E-state index is 12.4. The molecule has 1 saturated carbocycles. The molecule has 1 aromatic carbocycles. The lowest BCUT2D eigenvalue weighted by molar-refractivity contribution is -0.554. The fourth-order valence-corrected chi connectivity index (χ4v) is 5.09. The van der Waals surface area contributed by atoms with Crippen molar-refractivity contribution in [1.82, 2.24) is 0 Å². The SMILES string of the molecule is CO[C@H]1O[C@@]2(C)CC[C@H]3CCC[C@@H](CCOC(=O)c4ccc(C(=O)O)cc4)[C@]31OO2. The third kappa shape index (κ3) is 3.73. The van der Waals surface area contributed by atoms with Gasteiger partial charge in [0, 0.05) is 13.5 Å². The van der Waals surface area contributed by atoms with Crippen LogP contribution in [0.15, 0.2) is 24.3 Å². The summed E-state index contributed by atoms with van der Waals surface area (Å²) >= 11 is 0. The molecule has 0 amide bonds. The van der Waals surface area contributed by atoms with Crippen LogP contribution >= 0.6 is 0 Å². The summed E-state index contributed by atoms with van der Waals surface area (Å²) < 4.78 is 17.3. The summed E-state index contributed by atoms with van der Waals surface area (Å²) in [6.45, 7) is 2.09. The van der Waals surface area contributed by atoms with Crippen molar-refractivity contribution < 1.29 is 38.7 Å². The van der Waals surface area contributed by atoms with Gasteiger partial charge in [-0.25, -0.2) is 19.4 Å². The Labute approximate surface area is 175 Å². The minimum Gasteiger partial charge on any atom is -0.478 e. The second-order valence-corrected chi connectivity index (χ2v) is 8.51. The molecule has 30 heavy (non-hydrogen) atoms. The average Bonchev–Trinajstić information content (AvgIpc) is 2.98. The summed E-state index contributed by atoms with van der Waals surface area (Å²) in [4.78, 5) is 35.0. The Hall–Kier alpha value is -2.00. The first-order chi connectivity index (χ1) is 14.4. The Morgan fingerprint density at radius 3 is 2.57 bits per heavy atom. The quantitative estimate of drug-likeness (QED) is 0.551. The lowest BCUT2D eigenvalue weighted by Crippen LogP contribution is -2.63. The molecule has 3 aliphatic heterocycles. The highest BCUT2D eigenvalue weighted by molar-refractivity contribution is 5.92. The van der Waals surface area contributed by atoms with E-state index in [4.69, 9.17) is 29.1 Å². The zero-order chi connectivity index (χ0) is 21.4. The van der Waals surface area contributed by atoms with Crippen molar-refractivity contribution in [3.63, 3.8) is 0 Å². The molecular weight excluding hydrogens is 392 g/mol. The molecule has 1 aromatic rings. The number of benzene rings is 1. The van der Waals surface area contributed by atoms with Gasteiger partial charge in [-0.05, 0) is 68.7 Å². The minimum absolute atomic E-state index is 0.0611. The summed E-state index contributed by atoms with van der Waals surface area (Å²) in [7, 11) is 1.62. The molecule has 4 fully saturated rings. The van der Waals surface area contributed by atoms with Crippen LogP contribution in [0.5, 0.6) is 0 Å². The predicted molar refractivity (Wildman–Crippen MR) is 104 cm³/mol. The number of carbonyl (C=O) groups excluding carboxylic acids is 1. The summed E-state index contributed by atoms with van der Waals surface area (Å²) in [6, 6.07) is 5.69. The number of carbonyl (C=O) groups is 2. The first-order valence-corrected chi connectivity index (χ1v) is 10.5. The molecule has 1 N–H and O–H groups in total. The van der Waals surface area contributed by atoms with Gasteiger partial charge in [-0.2, -0.15) is 0 Å². The van der Waals surface area contributed by atoms with Crippen LogP contribution in [0.4, 0.5) is 0 Å². The van der Waals surface area contributed by atoms with E-state index in [2.05, 4.69) is 0 Å². The maximum Gasteiger partial charge on any atom is 0.338 e. The lowest BCUT2D eigenvalue weighted by Gasteiger charge is -2.53. The molecule has 164 valence electrons. The fourth-order valence-electron chi connectivity index (χ4n) is 5.09. The summed E-state index contributed by atoms with van der Waals surface area (Å²) in [5.41, 5.74) is -0.266. The van der Waals surface area contributed by atoms with Gasteiger partial charge in [0.05, 0.1) is 17.7 Å². The van der Waals surface area contributed by atoms with Crippen LogP contribution in [0.2, 0.25) is 0 Å². The van der Waals surface area contributed by atoms with Gasteiger partial charge < -0.3 is 19.3 Å². The largest absolute Gasteiger partial charge is 0.478 e. The van der Waals surface area contributed by atoms with Crippen LogP contribution < -0.4 is 0 Å². The molecule has 5 atom stereocenters. The summed E-state index contributed by atoms with van der Waals surface area (Å²) in [6.07, 6.45) is 4.74. The lowest BCUT2D eigenvalue weighted by atomic mass is 9.65. The van der Waals surface area contributed by atoms with Crippen molar-refractivity contribution in [1.29, 1.82) is 0 Å². The van der Waals surface area contributed by atoms with Crippen molar-refractivity contribution in [3.05, 3.63) is 35.4 Å². The van der Waals surface area contributed by atoms with Crippen LogP contribution in [-0.2, 0) is 24.0 Å². The monoisotopic (exact) mass is 420 g/mol. The van der Waals surface area contributed by atoms with E-state index < -0.39 is 29.6 Å². The molecule has 3 heterocycles. The van der Waals surface area contributed by atoms with Crippen molar-refractivity contribution in [2.24, 2.45) is 11.8 Å². The molecule has 0 radical (unpaired) electrons. The molecule has 2 bridgehead atoms. The van der Waals surface area contributed by atoms with Crippen molar-refractivity contribution in [2.75, 3.05) is 13.7 Å². The molecule has 1 aliphatic carbocycles. The molecule has 8 nitrogen and oxygen atoms in total. The zero-order valence-corrected chi connectivity index (χ0v) is 17.3. The van der Waals surface area contributed by atoms with Crippen LogP contribution in [0, 0.1) is 11.8 Å². The third-order valence-corrected chi connectivity index (χ3v) is 6.70. The van der Waals surface area contributed by atoms with Gasteiger partial charge in [-0.3, -0.25) is 0 Å².